The topological polar surface area (TPSA) is 146 Å². The number of morpholine rings is 1. The zero-order valence-electron chi connectivity index (χ0n) is 24.3. The maximum Gasteiger partial charge on any atom is 0.414 e. The molecule has 2 amide bonds. The van der Waals surface area contributed by atoms with Gasteiger partial charge in [-0.15, -0.1) is 0 Å². The first kappa shape index (κ1) is 30.2. The van der Waals surface area contributed by atoms with Crippen LogP contribution in [0.3, 0.4) is 0 Å². The number of aromatic nitrogens is 6. The number of anilines is 3. The summed E-state index contributed by atoms with van der Waals surface area (Å²) in [6, 6.07) is 0. The van der Waals surface area contributed by atoms with Crippen LogP contribution in [-0.2, 0) is 16.1 Å². The molecule has 0 aromatic carbocycles. The lowest BCUT2D eigenvalue weighted by atomic mass is 10.1. The molecule has 0 atom stereocenters. The average molecular weight is 607 g/mol. The second kappa shape index (κ2) is 11.4. The Morgan fingerprint density at radius 2 is 1.58 bits per heavy atom. The molecule has 0 saturated carbocycles. The van der Waals surface area contributed by atoms with Gasteiger partial charge < -0.3 is 24.5 Å². The van der Waals surface area contributed by atoms with Crippen LogP contribution in [0, 0.1) is 0 Å². The molecule has 2 aliphatic heterocycles. The van der Waals surface area contributed by atoms with E-state index in [0.717, 1.165) is 9.47 Å². The summed E-state index contributed by atoms with van der Waals surface area (Å²) in [4.78, 5) is 52.3. The van der Waals surface area contributed by atoms with Crippen LogP contribution in [-0.4, -0.2) is 116 Å². The van der Waals surface area contributed by atoms with Crippen molar-refractivity contribution in [2.24, 2.45) is 0 Å². The van der Waals surface area contributed by atoms with Gasteiger partial charge >= 0.3 is 12.3 Å². The summed E-state index contributed by atoms with van der Waals surface area (Å²) < 4.78 is 48.4. The molecule has 0 spiro atoms. The molecule has 232 valence electrons. The molecule has 3 aromatic rings. The number of fused-ring (bicyclic) bond motifs is 1. The van der Waals surface area contributed by atoms with Crippen LogP contribution >= 0.6 is 0 Å². The monoisotopic (exact) mass is 606 g/mol. The SMILES string of the molecule is CC(=O)N1CCN(c2nc3c(N4CCOCC4)nc(-c4cnc(N(C(=O)O)C(C)(C)C)nc4)nc3n2CC(F)(F)F)CC1. The van der Waals surface area contributed by atoms with Crippen LogP contribution in [0.4, 0.5) is 35.7 Å². The van der Waals surface area contributed by atoms with Gasteiger partial charge in [-0.1, -0.05) is 0 Å². The minimum Gasteiger partial charge on any atom is -0.465 e. The van der Waals surface area contributed by atoms with Crippen LogP contribution in [0.5, 0.6) is 0 Å². The summed E-state index contributed by atoms with van der Waals surface area (Å²) in [5.74, 6) is 0.335. The van der Waals surface area contributed by atoms with E-state index in [1.807, 2.05) is 4.90 Å². The molecule has 1 N–H and O–H groups in total. The summed E-state index contributed by atoms with van der Waals surface area (Å²) in [7, 11) is 0. The molecule has 5 heterocycles. The van der Waals surface area contributed by atoms with Gasteiger partial charge in [-0.25, -0.2) is 34.6 Å². The van der Waals surface area contributed by atoms with Crippen molar-refractivity contribution < 1.29 is 32.6 Å². The van der Waals surface area contributed by atoms with Crippen LogP contribution < -0.4 is 14.7 Å². The van der Waals surface area contributed by atoms with Crippen LogP contribution in [0.2, 0.25) is 0 Å². The highest BCUT2D eigenvalue weighted by Crippen LogP contribution is 2.34. The Morgan fingerprint density at radius 3 is 2.12 bits per heavy atom. The number of piperazine rings is 1. The van der Waals surface area contributed by atoms with Gasteiger partial charge in [-0.05, 0) is 20.8 Å². The van der Waals surface area contributed by atoms with Crippen molar-refractivity contribution in [2.45, 2.75) is 46.0 Å². The molecule has 2 fully saturated rings. The first-order valence-corrected chi connectivity index (χ1v) is 13.8. The fourth-order valence-corrected chi connectivity index (χ4v) is 5.11. The first-order chi connectivity index (χ1) is 20.2. The van der Waals surface area contributed by atoms with E-state index in [-0.39, 0.29) is 40.4 Å². The Labute approximate surface area is 245 Å². The number of nitrogens with zero attached hydrogens (tertiary/aromatic N) is 10. The van der Waals surface area contributed by atoms with Crippen LogP contribution in [0.1, 0.15) is 27.7 Å². The van der Waals surface area contributed by atoms with Crippen molar-refractivity contribution in [1.29, 1.82) is 0 Å². The molecule has 3 aromatic heterocycles. The predicted molar refractivity (Wildman–Crippen MR) is 150 cm³/mol. The molecule has 0 aliphatic carbocycles. The van der Waals surface area contributed by atoms with Gasteiger partial charge in [0.05, 0.1) is 18.8 Å². The number of halogens is 3. The van der Waals surface area contributed by atoms with Crippen molar-refractivity contribution >= 4 is 40.9 Å². The number of carbonyl (C=O) groups excluding carboxylic acids is 1. The van der Waals surface area contributed by atoms with Gasteiger partial charge in [0.1, 0.15) is 6.54 Å². The number of amides is 2. The highest BCUT2D eigenvalue weighted by atomic mass is 19.4. The second-order valence-electron chi connectivity index (χ2n) is 11.3. The molecule has 2 saturated heterocycles. The summed E-state index contributed by atoms with van der Waals surface area (Å²) in [5, 5.41) is 9.70. The molecule has 43 heavy (non-hydrogen) atoms. The third-order valence-corrected chi connectivity index (χ3v) is 7.17. The number of carbonyl (C=O) groups is 2. The van der Waals surface area contributed by atoms with E-state index in [9.17, 15) is 27.9 Å². The normalized spacial score (nSPS) is 16.6. The standard InChI is InChI=1S/C26H33F3N10O4/c1-16(40)35-5-7-37(8-6-35)23-32-18-20(36-9-11-43-12-10-36)33-19(34-21(18)38(23)15-26(27,28)29)17-13-30-22(31-14-17)39(24(41)42)25(2,3)4/h13-14H,5-12,15H2,1-4H3,(H,41,42). The first-order valence-electron chi connectivity index (χ1n) is 13.8. The van der Waals surface area contributed by atoms with E-state index in [4.69, 9.17) is 9.72 Å². The lowest BCUT2D eigenvalue weighted by molar-refractivity contribution is -0.139. The molecule has 0 unspecified atom stereocenters. The van der Waals surface area contributed by atoms with E-state index >= 15 is 0 Å². The Morgan fingerprint density at radius 1 is 0.953 bits per heavy atom. The number of ether oxygens (including phenoxy) is 1. The molecule has 14 nitrogen and oxygen atoms in total. The quantitative estimate of drug-likeness (QED) is 0.457. The van der Waals surface area contributed by atoms with Crippen molar-refractivity contribution in [3.05, 3.63) is 12.4 Å². The fourth-order valence-electron chi connectivity index (χ4n) is 5.11. The Hall–Kier alpha value is -4.28. The fraction of sp³-hybridized carbons (Fsp3) is 0.577. The zero-order valence-corrected chi connectivity index (χ0v) is 24.3. The smallest absolute Gasteiger partial charge is 0.414 e. The molecular weight excluding hydrogens is 573 g/mol. The Kier molecular flexibility index (Phi) is 8.02. The van der Waals surface area contributed by atoms with E-state index in [0.29, 0.717) is 58.3 Å². The number of rotatable bonds is 5. The lowest BCUT2D eigenvalue weighted by Gasteiger charge is -2.35. The molecule has 5 rings (SSSR count). The number of alkyl halides is 3. The van der Waals surface area contributed by atoms with Gasteiger partial charge in [0.25, 0.3) is 0 Å². The molecule has 2 aliphatic rings. The number of carboxylic acid groups (broad SMARTS) is 1. The molecule has 0 radical (unpaired) electrons. The largest absolute Gasteiger partial charge is 0.465 e. The minimum absolute atomic E-state index is 0.0151. The van der Waals surface area contributed by atoms with Gasteiger partial charge in [0, 0.05) is 64.1 Å². The minimum atomic E-state index is -4.58. The third kappa shape index (κ3) is 6.40. The number of hydrogen-bond acceptors (Lipinski definition) is 10. The average Bonchev–Trinajstić information content (AvgIpc) is 3.29. The Bertz CT molecular complexity index is 1490. The van der Waals surface area contributed by atoms with Crippen molar-refractivity contribution in [2.75, 3.05) is 67.2 Å². The summed E-state index contributed by atoms with van der Waals surface area (Å²) in [6.07, 6.45) is -3.12. The number of imidazole rings is 1. The van der Waals surface area contributed by atoms with Crippen LogP contribution in [0.25, 0.3) is 22.6 Å². The highest BCUT2D eigenvalue weighted by molar-refractivity contribution is 5.88. The maximum absolute atomic E-state index is 14.0. The molecular formula is C26H33F3N10O4. The van der Waals surface area contributed by atoms with Crippen LogP contribution in [0.15, 0.2) is 12.4 Å². The van der Waals surface area contributed by atoms with Gasteiger partial charge in [0.15, 0.2) is 22.8 Å². The van der Waals surface area contributed by atoms with Gasteiger partial charge in [0.2, 0.25) is 17.8 Å². The molecule has 17 heteroatoms. The van der Waals surface area contributed by atoms with E-state index in [1.165, 1.54) is 19.3 Å². The van der Waals surface area contributed by atoms with Crippen molar-refractivity contribution in [3.63, 3.8) is 0 Å². The maximum atomic E-state index is 14.0. The van der Waals surface area contributed by atoms with E-state index < -0.39 is 24.4 Å². The summed E-state index contributed by atoms with van der Waals surface area (Å²) in [5.41, 5.74) is -0.349. The Balaban J connectivity index is 1.64. The lowest BCUT2D eigenvalue weighted by Crippen LogP contribution is -2.49. The zero-order chi connectivity index (χ0) is 31.1. The molecule has 0 bridgehead atoms. The van der Waals surface area contributed by atoms with E-state index in [2.05, 4.69) is 19.9 Å². The summed E-state index contributed by atoms with van der Waals surface area (Å²) in [6.45, 7) is 8.21. The highest BCUT2D eigenvalue weighted by Gasteiger charge is 2.35. The van der Waals surface area contributed by atoms with E-state index in [1.54, 1.807) is 30.6 Å². The number of hydrogen-bond donors (Lipinski definition) is 1. The van der Waals surface area contributed by atoms with Crippen molar-refractivity contribution in [3.8, 4) is 11.4 Å². The second-order valence-corrected chi connectivity index (χ2v) is 11.3. The van der Waals surface area contributed by atoms with Gasteiger partial charge in [-0.3, -0.25) is 9.36 Å². The predicted octanol–water partition coefficient (Wildman–Crippen LogP) is 2.63. The third-order valence-electron chi connectivity index (χ3n) is 7.17. The van der Waals surface area contributed by atoms with Gasteiger partial charge in [-0.2, -0.15) is 13.2 Å². The summed E-state index contributed by atoms with van der Waals surface area (Å²) >= 11 is 0. The van der Waals surface area contributed by atoms with Crippen molar-refractivity contribution in [1.82, 2.24) is 34.4 Å².